The van der Waals surface area contributed by atoms with Crippen molar-refractivity contribution >= 4 is 29.2 Å². The van der Waals surface area contributed by atoms with Gasteiger partial charge in [0.05, 0.1) is 0 Å². The van der Waals surface area contributed by atoms with Crippen molar-refractivity contribution in [3.63, 3.8) is 0 Å². The second kappa shape index (κ2) is 9.33. The van der Waals surface area contributed by atoms with E-state index in [-0.39, 0.29) is 5.91 Å². The molecule has 0 spiro atoms. The molecular weight excluding hydrogens is 362 g/mol. The molecule has 0 unspecified atom stereocenters. The number of hydrogen-bond donors (Lipinski definition) is 4. The van der Waals surface area contributed by atoms with Crippen LogP contribution in [0.4, 0.5) is 0 Å². The fourth-order valence-corrected chi connectivity index (χ4v) is 3.07. The zero-order chi connectivity index (χ0) is 19.9. The zero-order valence-corrected chi connectivity index (χ0v) is 16.1. The number of allylic oxidation sites excluding steroid dienone is 4. The van der Waals surface area contributed by atoms with Gasteiger partial charge in [0.15, 0.2) is 0 Å². The van der Waals surface area contributed by atoms with Crippen molar-refractivity contribution in [3.8, 4) is 11.8 Å². The molecule has 1 aromatic heterocycles. The summed E-state index contributed by atoms with van der Waals surface area (Å²) in [5, 5.41) is 13.4. The highest BCUT2D eigenvalue weighted by Crippen LogP contribution is 2.19. The van der Waals surface area contributed by atoms with E-state index >= 15 is 0 Å². The Morgan fingerprint density at radius 2 is 2.15 bits per heavy atom. The summed E-state index contributed by atoms with van der Waals surface area (Å²) in [5.41, 5.74) is 7.90. The monoisotopic (exact) mass is 385 g/mol. The van der Waals surface area contributed by atoms with Crippen molar-refractivity contribution in [2.75, 3.05) is 0 Å². The molecule has 1 aliphatic rings. The van der Waals surface area contributed by atoms with Gasteiger partial charge in [-0.05, 0) is 50.3 Å². The third-order valence-corrected chi connectivity index (χ3v) is 4.78. The Balaban J connectivity index is 2.00. The van der Waals surface area contributed by atoms with Crippen molar-refractivity contribution in [3.05, 3.63) is 51.8 Å². The standard InChI is InChI=1S/C20H23N3O3S/c1-20(2,21)17(19(25)23-26)22-18(24)15-11-9-14(10-12-15)6-3-4-7-16-8-5-13-27-16/h4-5,7-9,11,13,17,26H,10,12,21H2,1-2H3,(H,22,24)(H,23,25)/b7-4+/t17-/m1/s1. The van der Waals surface area contributed by atoms with Crippen LogP contribution in [0.25, 0.3) is 6.08 Å². The van der Waals surface area contributed by atoms with Crippen LogP contribution >= 0.6 is 11.3 Å². The number of nitrogens with two attached hydrogens (primary N) is 1. The molecule has 0 saturated heterocycles. The molecule has 0 aromatic carbocycles. The first-order valence-corrected chi connectivity index (χ1v) is 9.34. The summed E-state index contributed by atoms with van der Waals surface area (Å²) in [4.78, 5) is 25.3. The molecule has 1 aromatic rings. The van der Waals surface area contributed by atoms with E-state index in [2.05, 4.69) is 17.2 Å². The minimum atomic E-state index is -1.05. The van der Waals surface area contributed by atoms with Gasteiger partial charge in [-0.15, -0.1) is 11.3 Å². The molecule has 0 aliphatic heterocycles. The molecule has 5 N–H and O–H groups in total. The third-order valence-electron chi connectivity index (χ3n) is 3.94. The quantitative estimate of drug-likeness (QED) is 0.354. The molecule has 6 nitrogen and oxygen atoms in total. The van der Waals surface area contributed by atoms with Crippen molar-refractivity contribution < 1.29 is 14.8 Å². The van der Waals surface area contributed by atoms with E-state index in [0.717, 1.165) is 10.5 Å². The van der Waals surface area contributed by atoms with E-state index in [9.17, 15) is 9.59 Å². The maximum atomic E-state index is 12.4. The van der Waals surface area contributed by atoms with Gasteiger partial charge in [-0.1, -0.05) is 30.1 Å². The number of hydroxylamine groups is 1. The van der Waals surface area contributed by atoms with Crippen molar-refractivity contribution in [1.82, 2.24) is 10.8 Å². The molecule has 2 amide bonds. The number of nitrogens with one attached hydrogen (secondary N) is 2. The van der Waals surface area contributed by atoms with Gasteiger partial charge in [0, 0.05) is 21.6 Å². The van der Waals surface area contributed by atoms with E-state index in [1.165, 1.54) is 5.48 Å². The molecule has 142 valence electrons. The van der Waals surface area contributed by atoms with Gasteiger partial charge < -0.3 is 11.1 Å². The van der Waals surface area contributed by atoms with Crippen LogP contribution in [0, 0.1) is 11.8 Å². The molecule has 7 heteroatoms. The summed E-state index contributed by atoms with van der Waals surface area (Å²) in [6.07, 6.45) is 8.42. The van der Waals surface area contributed by atoms with Crippen LogP contribution in [0.15, 0.2) is 46.9 Å². The molecule has 0 radical (unpaired) electrons. The minimum absolute atomic E-state index is 0.386. The summed E-state index contributed by atoms with van der Waals surface area (Å²) in [5.74, 6) is 4.92. The summed E-state index contributed by atoms with van der Waals surface area (Å²) >= 11 is 1.65. The first-order valence-electron chi connectivity index (χ1n) is 8.46. The van der Waals surface area contributed by atoms with Gasteiger partial charge in [0.25, 0.3) is 5.91 Å². The fraction of sp³-hybridized carbons (Fsp3) is 0.300. The molecule has 0 bridgehead atoms. The molecule has 27 heavy (non-hydrogen) atoms. The number of carbonyl (C=O) groups is 2. The Kier molecular flexibility index (Phi) is 7.13. The lowest BCUT2D eigenvalue weighted by Gasteiger charge is -2.29. The van der Waals surface area contributed by atoms with E-state index in [4.69, 9.17) is 10.9 Å². The molecule has 0 fully saturated rings. The lowest BCUT2D eigenvalue weighted by Crippen LogP contribution is -2.61. The van der Waals surface area contributed by atoms with Crippen molar-refractivity contribution in [1.29, 1.82) is 0 Å². The van der Waals surface area contributed by atoms with Crippen LogP contribution in [0.1, 0.15) is 31.6 Å². The third kappa shape index (κ3) is 6.22. The average Bonchev–Trinajstić information content (AvgIpc) is 3.15. The highest BCUT2D eigenvalue weighted by molar-refractivity contribution is 7.10. The smallest absolute Gasteiger partial charge is 0.267 e. The van der Waals surface area contributed by atoms with Crippen LogP contribution in [0.2, 0.25) is 0 Å². The van der Waals surface area contributed by atoms with Gasteiger partial charge in [0.2, 0.25) is 5.91 Å². The van der Waals surface area contributed by atoms with Gasteiger partial charge in [-0.2, -0.15) is 0 Å². The second-order valence-corrected chi connectivity index (χ2v) is 7.69. The lowest BCUT2D eigenvalue weighted by molar-refractivity contribution is -0.135. The summed E-state index contributed by atoms with van der Waals surface area (Å²) in [6.45, 7) is 3.19. The van der Waals surface area contributed by atoms with Crippen molar-refractivity contribution in [2.45, 2.75) is 38.3 Å². The summed E-state index contributed by atoms with van der Waals surface area (Å²) in [6, 6.07) is 2.95. The first-order chi connectivity index (χ1) is 12.8. The summed E-state index contributed by atoms with van der Waals surface area (Å²) in [7, 11) is 0. The predicted molar refractivity (Wildman–Crippen MR) is 107 cm³/mol. The Bertz CT molecular complexity index is 834. The van der Waals surface area contributed by atoms with Crippen LogP contribution in [0.5, 0.6) is 0 Å². The van der Waals surface area contributed by atoms with Crippen LogP contribution < -0.4 is 16.5 Å². The van der Waals surface area contributed by atoms with Crippen LogP contribution in [-0.4, -0.2) is 28.6 Å². The SMILES string of the molecule is CC(C)(N)[C@H](NC(=O)C1=CC=C(C#C/C=C/c2cccs2)CC1)C(=O)NO. The number of rotatable bonds is 5. The number of carbonyl (C=O) groups excluding carboxylic acids is 2. The zero-order valence-electron chi connectivity index (χ0n) is 15.3. The highest BCUT2D eigenvalue weighted by Gasteiger charge is 2.33. The van der Waals surface area contributed by atoms with Gasteiger partial charge in [-0.3, -0.25) is 14.8 Å². The minimum Gasteiger partial charge on any atom is -0.339 e. The van der Waals surface area contributed by atoms with Crippen LogP contribution in [0.3, 0.4) is 0 Å². The van der Waals surface area contributed by atoms with Gasteiger partial charge in [0.1, 0.15) is 6.04 Å². The average molecular weight is 385 g/mol. The van der Waals surface area contributed by atoms with E-state index in [1.54, 1.807) is 43.4 Å². The number of amides is 2. The maximum absolute atomic E-state index is 12.4. The van der Waals surface area contributed by atoms with Gasteiger partial charge in [-0.25, -0.2) is 5.48 Å². The molecule has 1 aliphatic carbocycles. The largest absolute Gasteiger partial charge is 0.339 e. The van der Waals surface area contributed by atoms with Crippen LogP contribution in [-0.2, 0) is 9.59 Å². The predicted octanol–water partition coefficient (Wildman–Crippen LogP) is 2.14. The number of hydrogen-bond acceptors (Lipinski definition) is 5. The molecule has 0 saturated carbocycles. The highest BCUT2D eigenvalue weighted by atomic mass is 32.1. The first kappa shape index (κ1) is 20.6. The second-order valence-electron chi connectivity index (χ2n) is 6.71. The fourth-order valence-electron chi connectivity index (χ4n) is 2.45. The normalized spacial score (nSPS) is 15.3. The lowest BCUT2D eigenvalue weighted by atomic mass is 9.93. The molecule has 2 rings (SSSR count). The van der Waals surface area contributed by atoms with Crippen molar-refractivity contribution in [2.24, 2.45) is 5.73 Å². The molecular formula is C20H23N3O3S. The Labute approximate surface area is 162 Å². The number of thiophene rings is 1. The van der Waals surface area contributed by atoms with E-state index < -0.39 is 17.5 Å². The summed E-state index contributed by atoms with van der Waals surface area (Å²) < 4.78 is 0. The Morgan fingerprint density at radius 3 is 2.70 bits per heavy atom. The molecule has 1 heterocycles. The maximum Gasteiger partial charge on any atom is 0.267 e. The Hall–Kier alpha value is -2.66. The Morgan fingerprint density at radius 1 is 1.37 bits per heavy atom. The van der Waals surface area contributed by atoms with Gasteiger partial charge >= 0.3 is 0 Å². The molecule has 1 atom stereocenters. The van der Waals surface area contributed by atoms with E-state index in [0.29, 0.717) is 18.4 Å². The topological polar surface area (TPSA) is 104 Å². The van der Waals surface area contributed by atoms with E-state index in [1.807, 2.05) is 23.6 Å².